The summed E-state index contributed by atoms with van der Waals surface area (Å²) < 4.78 is 0. The van der Waals surface area contributed by atoms with Gasteiger partial charge in [0.05, 0.1) is 12.6 Å². The lowest BCUT2D eigenvalue weighted by Crippen LogP contribution is -2.51. The molecule has 1 saturated heterocycles. The van der Waals surface area contributed by atoms with Crippen molar-refractivity contribution in [2.75, 3.05) is 13.1 Å². The number of hydrogen-bond donors (Lipinski definition) is 2. The fourth-order valence-electron chi connectivity index (χ4n) is 2.57. The molecule has 1 amide bonds. The molecule has 4 nitrogen and oxygen atoms in total. The molecule has 1 heterocycles. The van der Waals surface area contributed by atoms with Gasteiger partial charge in [0, 0.05) is 12.1 Å². The van der Waals surface area contributed by atoms with Crippen LogP contribution in [0.4, 0.5) is 0 Å². The van der Waals surface area contributed by atoms with E-state index >= 15 is 0 Å². The summed E-state index contributed by atoms with van der Waals surface area (Å²) in [6.45, 7) is 9.59. The van der Waals surface area contributed by atoms with Gasteiger partial charge in [0.25, 0.3) is 0 Å². The van der Waals surface area contributed by atoms with E-state index in [0.717, 1.165) is 32.2 Å². The second kappa shape index (κ2) is 7.85. The third-order valence-electron chi connectivity index (χ3n) is 4.26. The smallest absolute Gasteiger partial charge is 0.234 e. The van der Waals surface area contributed by atoms with Crippen molar-refractivity contribution in [1.82, 2.24) is 10.2 Å². The highest BCUT2D eigenvalue weighted by Crippen LogP contribution is 2.20. The number of nitrogens with one attached hydrogen (secondary N) is 1. The van der Waals surface area contributed by atoms with Crippen molar-refractivity contribution in [2.45, 2.75) is 71.6 Å². The minimum absolute atomic E-state index is 0.0800. The maximum Gasteiger partial charge on any atom is 0.234 e. The molecule has 1 aliphatic rings. The largest absolute Gasteiger partial charge is 0.392 e. The van der Waals surface area contributed by atoms with Gasteiger partial charge < -0.3 is 10.4 Å². The second-order valence-electron chi connectivity index (χ2n) is 6.11. The first-order valence-electron chi connectivity index (χ1n) is 7.67. The standard InChI is InChI=1S/C15H30N2O2/c1-5-14(18)13-8-6-7-9-17(13)10-15(19)16-12(4)11(2)3/h11-14,18H,5-10H2,1-4H3,(H,16,19). The van der Waals surface area contributed by atoms with E-state index in [1.165, 1.54) is 0 Å². The number of aliphatic hydroxyl groups is 1. The molecule has 1 fully saturated rings. The van der Waals surface area contributed by atoms with Crippen LogP contribution in [-0.2, 0) is 4.79 Å². The lowest BCUT2D eigenvalue weighted by molar-refractivity contribution is -0.124. The van der Waals surface area contributed by atoms with Gasteiger partial charge >= 0.3 is 0 Å². The highest BCUT2D eigenvalue weighted by atomic mass is 16.3. The topological polar surface area (TPSA) is 52.6 Å². The molecule has 3 unspecified atom stereocenters. The molecule has 0 saturated carbocycles. The molecule has 0 aromatic carbocycles. The van der Waals surface area contributed by atoms with Gasteiger partial charge in [-0.1, -0.05) is 27.2 Å². The molecule has 0 radical (unpaired) electrons. The Morgan fingerprint density at radius 2 is 2.05 bits per heavy atom. The Kier molecular flexibility index (Phi) is 6.80. The molecule has 0 bridgehead atoms. The van der Waals surface area contributed by atoms with Crippen LogP contribution in [0.2, 0.25) is 0 Å². The number of nitrogens with zero attached hydrogens (tertiary/aromatic N) is 1. The average Bonchev–Trinajstić information content (AvgIpc) is 2.38. The molecule has 1 rings (SSSR count). The second-order valence-corrected chi connectivity index (χ2v) is 6.11. The third-order valence-corrected chi connectivity index (χ3v) is 4.26. The fraction of sp³-hybridized carbons (Fsp3) is 0.933. The van der Waals surface area contributed by atoms with Crippen molar-refractivity contribution < 1.29 is 9.90 Å². The zero-order chi connectivity index (χ0) is 14.4. The molecule has 4 heteroatoms. The Morgan fingerprint density at radius 3 is 2.63 bits per heavy atom. The number of carbonyl (C=O) groups excluding carboxylic acids is 1. The van der Waals surface area contributed by atoms with Crippen LogP contribution < -0.4 is 5.32 Å². The quantitative estimate of drug-likeness (QED) is 0.773. The number of amides is 1. The van der Waals surface area contributed by atoms with Crippen molar-refractivity contribution in [1.29, 1.82) is 0 Å². The van der Waals surface area contributed by atoms with Crippen molar-refractivity contribution in [3.8, 4) is 0 Å². The molecular weight excluding hydrogens is 240 g/mol. The van der Waals surface area contributed by atoms with Crippen LogP contribution >= 0.6 is 0 Å². The molecule has 2 N–H and O–H groups in total. The van der Waals surface area contributed by atoms with E-state index in [9.17, 15) is 9.90 Å². The Bertz CT molecular complexity index is 281. The van der Waals surface area contributed by atoms with E-state index in [1.54, 1.807) is 0 Å². The van der Waals surface area contributed by atoms with Gasteiger partial charge in [-0.15, -0.1) is 0 Å². The van der Waals surface area contributed by atoms with Crippen LogP contribution in [-0.4, -0.2) is 47.2 Å². The number of rotatable bonds is 6. The van der Waals surface area contributed by atoms with E-state index in [2.05, 4.69) is 24.1 Å². The molecule has 0 aliphatic carbocycles. The molecule has 0 aromatic heterocycles. The molecule has 19 heavy (non-hydrogen) atoms. The van der Waals surface area contributed by atoms with Gasteiger partial charge in [-0.2, -0.15) is 0 Å². The first kappa shape index (κ1) is 16.4. The monoisotopic (exact) mass is 270 g/mol. The van der Waals surface area contributed by atoms with Gasteiger partial charge in [0.2, 0.25) is 5.91 Å². The molecular formula is C15H30N2O2. The molecule has 112 valence electrons. The van der Waals surface area contributed by atoms with Gasteiger partial charge in [0.1, 0.15) is 0 Å². The first-order chi connectivity index (χ1) is 8.95. The van der Waals surface area contributed by atoms with E-state index in [-0.39, 0.29) is 24.1 Å². The summed E-state index contributed by atoms with van der Waals surface area (Å²) >= 11 is 0. The van der Waals surface area contributed by atoms with Gasteiger partial charge in [-0.25, -0.2) is 0 Å². The SMILES string of the molecule is CCC(O)C1CCCCN1CC(=O)NC(C)C(C)C. The summed E-state index contributed by atoms with van der Waals surface area (Å²) in [7, 11) is 0. The summed E-state index contributed by atoms with van der Waals surface area (Å²) in [6, 6.07) is 0.352. The van der Waals surface area contributed by atoms with Crippen LogP contribution in [0.15, 0.2) is 0 Å². The van der Waals surface area contributed by atoms with Crippen LogP contribution in [0.3, 0.4) is 0 Å². The maximum atomic E-state index is 12.0. The number of aliphatic hydroxyl groups excluding tert-OH is 1. The lowest BCUT2D eigenvalue weighted by Gasteiger charge is -2.38. The minimum atomic E-state index is -0.310. The van der Waals surface area contributed by atoms with Gasteiger partial charge in [0.15, 0.2) is 0 Å². The zero-order valence-electron chi connectivity index (χ0n) is 12.9. The lowest BCUT2D eigenvalue weighted by atomic mass is 9.96. The third kappa shape index (κ3) is 5.11. The van der Waals surface area contributed by atoms with Crippen LogP contribution in [0.1, 0.15) is 53.4 Å². The van der Waals surface area contributed by atoms with Gasteiger partial charge in [-0.05, 0) is 38.6 Å². The molecule has 0 spiro atoms. The summed E-state index contributed by atoms with van der Waals surface area (Å²) in [5.74, 6) is 0.527. The number of hydrogen-bond acceptors (Lipinski definition) is 3. The molecule has 1 aliphatic heterocycles. The Balaban J connectivity index is 2.50. The van der Waals surface area contributed by atoms with Gasteiger partial charge in [-0.3, -0.25) is 9.69 Å². The summed E-state index contributed by atoms with van der Waals surface area (Å²) in [6.07, 6.45) is 3.73. The number of carbonyl (C=O) groups is 1. The van der Waals surface area contributed by atoms with E-state index < -0.39 is 0 Å². The Hall–Kier alpha value is -0.610. The summed E-state index contributed by atoms with van der Waals surface area (Å²) in [5.41, 5.74) is 0. The van der Waals surface area contributed by atoms with Crippen molar-refractivity contribution in [2.24, 2.45) is 5.92 Å². The zero-order valence-corrected chi connectivity index (χ0v) is 12.9. The van der Waals surface area contributed by atoms with Crippen LogP contribution in [0, 0.1) is 5.92 Å². The fourth-order valence-corrected chi connectivity index (χ4v) is 2.57. The van der Waals surface area contributed by atoms with Crippen LogP contribution in [0.5, 0.6) is 0 Å². The highest BCUT2D eigenvalue weighted by Gasteiger charge is 2.29. The Morgan fingerprint density at radius 1 is 1.37 bits per heavy atom. The average molecular weight is 270 g/mol. The maximum absolute atomic E-state index is 12.0. The summed E-state index contributed by atoms with van der Waals surface area (Å²) in [4.78, 5) is 14.2. The van der Waals surface area contributed by atoms with E-state index in [0.29, 0.717) is 12.5 Å². The number of likely N-dealkylation sites (tertiary alicyclic amines) is 1. The van der Waals surface area contributed by atoms with E-state index in [1.807, 2.05) is 13.8 Å². The predicted molar refractivity (Wildman–Crippen MR) is 78.0 cm³/mol. The number of piperidine rings is 1. The van der Waals surface area contributed by atoms with Crippen molar-refractivity contribution in [3.05, 3.63) is 0 Å². The minimum Gasteiger partial charge on any atom is -0.392 e. The summed E-state index contributed by atoms with van der Waals surface area (Å²) in [5, 5.41) is 13.1. The van der Waals surface area contributed by atoms with Crippen LogP contribution in [0.25, 0.3) is 0 Å². The molecule has 0 aromatic rings. The predicted octanol–water partition coefficient (Wildman–Crippen LogP) is 1.77. The van der Waals surface area contributed by atoms with E-state index in [4.69, 9.17) is 0 Å². The van der Waals surface area contributed by atoms with Crippen molar-refractivity contribution >= 4 is 5.91 Å². The Labute approximate surface area is 117 Å². The highest BCUT2D eigenvalue weighted by molar-refractivity contribution is 5.78. The normalized spacial score (nSPS) is 24.2. The molecule has 3 atom stereocenters. The van der Waals surface area contributed by atoms with Crippen molar-refractivity contribution in [3.63, 3.8) is 0 Å². The first-order valence-corrected chi connectivity index (χ1v) is 7.67.